The van der Waals surface area contributed by atoms with Crippen LogP contribution in [0.4, 0.5) is 0 Å². The predicted molar refractivity (Wildman–Crippen MR) is 88.0 cm³/mol. The molecule has 3 nitrogen and oxygen atoms in total. The van der Waals surface area contributed by atoms with E-state index in [1.165, 1.54) is 31.2 Å². The molecule has 0 aromatic heterocycles. The third-order valence-electron chi connectivity index (χ3n) is 4.89. The molecule has 3 N–H and O–H groups in total. The Balaban J connectivity index is 1.45. The first kappa shape index (κ1) is 15.2. The van der Waals surface area contributed by atoms with Crippen LogP contribution in [0, 0.1) is 0 Å². The summed E-state index contributed by atoms with van der Waals surface area (Å²) in [5.74, 6) is 2.93. The lowest BCUT2D eigenvalue weighted by molar-refractivity contribution is 0.0626. The van der Waals surface area contributed by atoms with Crippen LogP contribution in [0.1, 0.15) is 43.6 Å². The minimum Gasteiger partial charge on any atom is -0.508 e. The van der Waals surface area contributed by atoms with Crippen molar-refractivity contribution < 1.29 is 10.2 Å². The van der Waals surface area contributed by atoms with E-state index in [0.29, 0.717) is 17.7 Å². The highest BCUT2D eigenvalue weighted by atomic mass is 32.2. The Hall–Kier alpha value is -0.710. The summed E-state index contributed by atoms with van der Waals surface area (Å²) in [5.41, 5.74) is 0.871. The van der Waals surface area contributed by atoms with Crippen LogP contribution >= 0.6 is 11.8 Å². The molecular weight excluding hydrogens is 282 g/mol. The lowest BCUT2D eigenvalue weighted by Gasteiger charge is -2.32. The van der Waals surface area contributed by atoms with Gasteiger partial charge in [0.1, 0.15) is 5.75 Å². The summed E-state index contributed by atoms with van der Waals surface area (Å²) in [6.45, 7) is 0.745. The number of phenols is 1. The second-order valence-electron chi connectivity index (χ2n) is 6.55. The summed E-state index contributed by atoms with van der Waals surface area (Å²) in [5, 5.41) is 23.3. The van der Waals surface area contributed by atoms with Crippen LogP contribution in [0.2, 0.25) is 0 Å². The van der Waals surface area contributed by atoms with Gasteiger partial charge in [0.25, 0.3) is 0 Å². The van der Waals surface area contributed by atoms with Crippen molar-refractivity contribution in [2.45, 2.75) is 49.7 Å². The van der Waals surface area contributed by atoms with E-state index in [4.69, 9.17) is 0 Å². The third-order valence-corrected chi connectivity index (χ3v) is 6.13. The molecule has 1 aromatic rings. The van der Waals surface area contributed by atoms with Gasteiger partial charge in [0.05, 0.1) is 5.60 Å². The number of aromatic hydroxyl groups is 1. The van der Waals surface area contributed by atoms with Gasteiger partial charge in [-0.15, -0.1) is 0 Å². The van der Waals surface area contributed by atoms with Gasteiger partial charge >= 0.3 is 0 Å². The van der Waals surface area contributed by atoms with E-state index in [2.05, 4.69) is 5.32 Å². The molecular formula is C17H25NO2S. The number of phenolic OH excluding ortho intramolecular Hbond substituents is 1. The number of hydrogen-bond donors (Lipinski definition) is 3. The van der Waals surface area contributed by atoms with Crippen LogP contribution in [-0.4, -0.2) is 39.9 Å². The maximum atomic E-state index is 10.4. The lowest BCUT2D eigenvalue weighted by Crippen LogP contribution is -2.45. The first-order valence-electron chi connectivity index (χ1n) is 7.97. The van der Waals surface area contributed by atoms with Gasteiger partial charge in [0.15, 0.2) is 0 Å². The maximum absolute atomic E-state index is 10.4. The molecule has 2 aliphatic rings. The van der Waals surface area contributed by atoms with Gasteiger partial charge in [-0.2, -0.15) is 11.8 Å². The fourth-order valence-electron chi connectivity index (χ4n) is 3.45. The van der Waals surface area contributed by atoms with Crippen molar-refractivity contribution in [3.05, 3.63) is 29.8 Å². The summed E-state index contributed by atoms with van der Waals surface area (Å²) < 4.78 is 0. The molecule has 4 heteroatoms. The van der Waals surface area contributed by atoms with Gasteiger partial charge in [0, 0.05) is 18.3 Å². The van der Waals surface area contributed by atoms with Crippen LogP contribution in [0.3, 0.4) is 0 Å². The van der Waals surface area contributed by atoms with Crippen LogP contribution in [-0.2, 0) is 0 Å². The largest absolute Gasteiger partial charge is 0.508 e. The molecule has 116 valence electrons. The molecule has 1 unspecified atom stereocenters. The number of hydrogen-bond acceptors (Lipinski definition) is 4. The van der Waals surface area contributed by atoms with Crippen LogP contribution < -0.4 is 5.32 Å². The van der Waals surface area contributed by atoms with Crippen molar-refractivity contribution in [1.82, 2.24) is 5.32 Å². The number of thioether (sulfide) groups is 1. The maximum Gasteiger partial charge on any atom is 0.115 e. The van der Waals surface area contributed by atoms with E-state index in [1.807, 2.05) is 23.9 Å². The van der Waals surface area contributed by atoms with E-state index in [-0.39, 0.29) is 0 Å². The molecule has 1 aliphatic heterocycles. The highest BCUT2D eigenvalue weighted by Crippen LogP contribution is 2.34. The highest BCUT2D eigenvalue weighted by Gasteiger charge is 2.32. The average Bonchev–Trinajstić information content (AvgIpc) is 2.94. The van der Waals surface area contributed by atoms with Crippen molar-refractivity contribution in [3.63, 3.8) is 0 Å². The van der Waals surface area contributed by atoms with Gasteiger partial charge in [-0.1, -0.05) is 12.1 Å². The fraction of sp³-hybridized carbons (Fsp3) is 0.647. The Morgan fingerprint density at radius 3 is 2.48 bits per heavy atom. The second kappa shape index (κ2) is 6.59. The zero-order valence-corrected chi connectivity index (χ0v) is 13.2. The zero-order chi connectivity index (χ0) is 14.7. The molecule has 1 aromatic carbocycles. The number of benzene rings is 1. The molecule has 1 atom stereocenters. The van der Waals surface area contributed by atoms with Crippen molar-refractivity contribution >= 4 is 11.8 Å². The average molecular weight is 307 g/mol. The first-order chi connectivity index (χ1) is 10.1. The van der Waals surface area contributed by atoms with Gasteiger partial charge in [-0.3, -0.25) is 0 Å². The van der Waals surface area contributed by atoms with Crippen LogP contribution in [0.25, 0.3) is 0 Å². The second-order valence-corrected chi connectivity index (χ2v) is 7.65. The van der Waals surface area contributed by atoms with E-state index in [9.17, 15) is 10.2 Å². The standard InChI is InChI=1S/C17H25NO2S/c19-16-7-3-14(4-8-16)13-1-5-15(6-2-13)18-11-17(20)9-10-21-12-17/h3-4,7-8,13,15,18-20H,1-2,5-6,9-12H2. The highest BCUT2D eigenvalue weighted by molar-refractivity contribution is 7.99. The minimum absolute atomic E-state index is 0.344. The minimum atomic E-state index is -0.474. The molecule has 1 saturated carbocycles. The van der Waals surface area contributed by atoms with Gasteiger partial charge in [0.2, 0.25) is 0 Å². The zero-order valence-electron chi connectivity index (χ0n) is 12.4. The Morgan fingerprint density at radius 2 is 1.86 bits per heavy atom. The summed E-state index contributed by atoms with van der Waals surface area (Å²) in [6, 6.07) is 8.21. The molecule has 1 aliphatic carbocycles. The van der Waals surface area contributed by atoms with E-state index in [0.717, 1.165) is 24.5 Å². The summed E-state index contributed by atoms with van der Waals surface area (Å²) in [6.07, 6.45) is 5.66. The topological polar surface area (TPSA) is 52.5 Å². The number of rotatable bonds is 4. The molecule has 3 rings (SSSR count). The van der Waals surface area contributed by atoms with Gasteiger partial charge < -0.3 is 15.5 Å². The molecule has 21 heavy (non-hydrogen) atoms. The van der Waals surface area contributed by atoms with E-state index < -0.39 is 5.60 Å². The molecule has 1 saturated heterocycles. The molecule has 0 spiro atoms. The normalized spacial score (nSPS) is 33.2. The molecule has 2 fully saturated rings. The van der Waals surface area contributed by atoms with Crippen LogP contribution in [0.5, 0.6) is 5.75 Å². The molecule has 0 radical (unpaired) electrons. The molecule has 1 heterocycles. The molecule has 0 bridgehead atoms. The number of nitrogens with one attached hydrogen (secondary N) is 1. The summed E-state index contributed by atoms with van der Waals surface area (Å²) in [7, 11) is 0. The Labute approximate surface area is 131 Å². The smallest absolute Gasteiger partial charge is 0.115 e. The lowest BCUT2D eigenvalue weighted by atomic mass is 9.81. The van der Waals surface area contributed by atoms with Gasteiger partial charge in [-0.25, -0.2) is 0 Å². The SMILES string of the molecule is Oc1ccc(C2CCC(NCC3(O)CCSC3)CC2)cc1. The summed E-state index contributed by atoms with van der Waals surface area (Å²) in [4.78, 5) is 0. The van der Waals surface area contributed by atoms with Crippen molar-refractivity contribution in [2.24, 2.45) is 0 Å². The van der Waals surface area contributed by atoms with Gasteiger partial charge in [-0.05, 0) is 61.5 Å². The fourth-order valence-corrected chi connectivity index (χ4v) is 4.74. The Morgan fingerprint density at radius 1 is 1.14 bits per heavy atom. The number of aliphatic hydroxyl groups is 1. The summed E-state index contributed by atoms with van der Waals surface area (Å²) >= 11 is 1.86. The first-order valence-corrected chi connectivity index (χ1v) is 9.13. The monoisotopic (exact) mass is 307 g/mol. The van der Waals surface area contributed by atoms with E-state index >= 15 is 0 Å². The predicted octanol–water partition coefficient (Wildman–Crippen LogP) is 2.88. The van der Waals surface area contributed by atoms with Crippen LogP contribution in [0.15, 0.2) is 24.3 Å². The molecule has 0 amide bonds. The quantitative estimate of drug-likeness (QED) is 0.800. The van der Waals surface area contributed by atoms with Crippen molar-refractivity contribution in [3.8, 4) is 5.75 Å². The Bertz CT molecular complexity index is 448. The van der Waals surface area contributed by atoms with E-state index in [1.54, 1.807) is 12.1 Å². The Kier molecular flexibility index (Phi) is 4.77. The third kappa shape index (κ3) is 3.93. The van der Waals surface area contributed by atoms with Crippen molar-refractivity contribution in [1.29, 1.82) is 0 Å². The van der Waals surface area contributed by atoms with Crippen molar-refractivity contribution in [2.75, 3.05) is 18.1 Å².